The first-order valence-corrected chi connectivity index (χ1v) is 9.34. The lowest BCUT2D eigenvalue weighted by atomic mass is 9.93. The van der Waals surface area contributed by atoms with Crippen molar-refractivity contribution in [3.8, 4) is 22.6 Å². The summed E-state index contributed by atoms with van der Waals surface area (Å²) in [5.41, 5.74) is 1.94. The van der Waals surface area contributed by atoms with Gasteiger partial charge in [0.05, 0.1) is 20.8 Å². The third-order valence-electron chi connectivity index (χ3n) is 4.86. The maximum atomic E-state index is 12.7. The molecule has 3 aromatic rings. The Morgan fingerprint density at radius 1 is 0.862 bits per heavy atom. The van der Waals surface area contributed by atoms with E-state index in [1.54, 1.807) is 25.1 Å². The Morgan fingerprint density at radius 3 is 1.97 bits per heavy atom. The number of benzene rings is 3. The Hall–Kier alpha value is -3.31. The predicted molar refractivity (Wildman–Crippen MR) is 113 cm³/mol. The molecule has 0 radical (unpaired) electrons. The molecule has 1 unspecified atom stereocenters. The zero-order valence-electron chi connectivity index (χ0n) is 16.8. The lowest BCUT2D eigenvalue weighted by molar-refractivity contribution is 0.0525. The third kappa shape index (κ3) is 4.58. The molecule has 0 heterocycles. The summed E-state index contributed by atoms with van der Waals surface area (Å²) in [6.45, 7) is 1.71. The zero-order valence-corrected chi connectivity index (χ0v) is 16.8. The van der Waals surface area contributed by atoms with Crippen LogP contribution in [0.25, 0.3) is 11.1 Å². The molecule has 0 saturated heterocycles. The Bertz CT molecular complexity index is 944. The molecule has 0 aliphatic heterocycles. The number of nitrogens with one attached hydrogen (secondary N) is 1. The summed E-state index contributed by atoms with van der Waals surface area (Å²) >= 11 is 0. The topological polar surface area (TPSA) is 67.8 Å². The van der Waals surface area contributed by atoms with Crippen molar-refractivity contribution in [2.24, 2.45) is 0 Å². The van der Waals surface area contributed by atoms with Gasteiger partial charge in [0.1, 0.15) is 22.7 Å². The van der Waals surface area contributed by atoms with Gasteiger partial charge >= 0.3 is 0 Å². The van der Waals surface area contributed by atoms with E-state index in [1.807, 2.05) is 54.6 Å². The second kappa shape index (κ2) is 8.80. The van der Waals surface area contributed by atoms with E-state index in [9.17, 15) is 9.90 Å². The molecule has 1 amide bonds. The van der Waals surface area contributed by atoms with Crippen molar-refractivity contribution >= 4 is 5.91 Å². The number of amides is 1. The Kier molecular flexibility index (Phi) is 6.20. The van der Waals surface area contributed by atoms with Crippen molar-refractivity contribution in [3.63, 3.8) is 0 Å². The van der Waals surface area contributed by atoms with Gasteiger partial charge in [0, 0.05) is 0 Å². The molecule has 0 saturated carbocycles. The highest BCUT2D eigenvalue weighted by molar-refractivity contribution is 5.99. The molecule has 3 aromatic carbocycles. The van der Waals surface area contributed by atoms with Crippen molar-refractivity contribution < 1.29 is 19.4 Å². The lowest BCUT2D eigenvalue weighted by Gasteiger charge is -2.25. The first-order chi connectivity index (χ1) is 14.0. The SMILES string of the molecule is COc1cccc(OC)c1C(=O)NCC(C)(O)c1ccc(-c2ccccc2)cc1. The van der Waals surface area contributed by atoms with Crippen LogP contribution in [-0.4, -0.2) is 31.8 Å². The molecule has 0 spiro atoms. The molecular formula is C24H25NO4. The van der Waals surface area contributed by atoms with E-state index in [-0.39, 0.29) is 12.5 Å². The van der Waals surface area contributed by atoms with Crippen LogP contribution < -0.4 is 14.8 Å². The average molecular weight is 391 g/mol. The summed E-state index contributed by atoms with van der Waals surface area (Å²) < 4.78 is 10.6. The number of aliphatic hydroxyl groups is 1. The fourth-order valence-corrected chi connectivity index (χ4v) is 3.17. The molecule has 0 fully saturated rings. The van der Waals surface area contributed by atoms with Gasteiger partial charge in [0.15, 0.2) is 0 Å². The van der Waals surface area contributed by atoms with Gasteiger partial charge < -0.3 is 19.9 Å². The number of ether oxygens (including phenoxy) is 2. The van der Waals surface area contributed by atoms with Crippen LogP contribution in [0.4, 0.5) is 0 Å². The van der Waals surface area contributed by atoms with E-state index in [2.05, 4.69) is 5.32 Å². The number of carbonyl (C=O) groups is 1. The Labute approximate surface area is 170 Å². The van der Waals surface area contributed by atoms with Gasteiger partial charge in [-0.05, 0) is 35.7 Å². The van der Waals surface area contributed by atoms with E-state index >= 15 is 0 Å². The Balaban J connectivity index is 1.74. The summed E-state index contributed by atoms with van der Waals surface area (Å²) in [4.78, 5) is 12.7. The standard InChI is InChI=1S/C24H25NO4/c1-24(27,19-14-12-18(13-15-19)17-8-5-4-6-9-17)16-25-23(26)22-20(28-2)10-7-11-21(22)29-3/h4-15,27H,16H2,1-3H3,(H,25,26). The molecule has 1 atom stereocenters. The summed E-state index contributed by atoms with van der Waals surface area (Å²) in [6.07, 6.45) is 0. The van der Waals surface area contributed by atoms with Gasteiger partial charge in [0.2, 0.25) is 0 Å². The third-order valence-corrected chi connectivity index (χ3v) is 4.86. The summed E-state index contributed by atoms with van der Waals surface area (Å²) in [5, 5.41) is 13.7. The van der Waals surface area contributed by atoms with E-state index in [0.717, 1.165) is 11.1 Å². The maximum absolute atomic E-state index is 12.7. The number of methoxy groups -OCH3 is 2. The molecule has 2 N–H and O–H groups in total. The molecule has 0 aliphatic carbocycles. The fraction of sp³-hybridized carbons (Fsp3) is 0.208. The van der Waals surface area contributed by atoms with Crippen molar-refractivity contribution in [1.29, 1.82) is 0 Å². The summed E-state index contributed by atoms with van der Waals surface area (Å²) in [7, 11) is 2.99. The monoisotopic (exact) mass is 391 g/mol. The van der Waals surface area contributed by atoms with Crippen LogP contribution in [0.3, 0.4) is 0 Å². The van der Waals surface area contributed by atoms with E-state index < -0.39 is 5.60 Å². The van der Waals surface area contributed by atoms with Gasteiger partial charge in [-0.25, -0.2) is 0 Å². The zero-order chi connectivity index (χ0) is 20.9. The maximum Gasteiger partial charge on any atom is 0.258 e. The quantitative estimate of drug-likeness (QED) is 0.639. The second-order valence-electron chi connectivity index (χ2n) is 6.94. The average Bonchev–Trinajstić information content (AvgIpc) is 2.77. The van der Waals surface area contributed by atoms with Gasteiger partial charge in [-0.3, -0.25) is 4.79 Å². The minimum atomic E-state index is -1.24. The number of rotatable bonds is 7. The smallest absolute Gasteiger partial charge is 0.258 e. The molecular weight excluding hydrogens is 366 g/mol. The largest absolute Gasteiger partial charge is 0.496 e. The van der Waals surface area contributed by atoms with Crippen LogP contribution in [0.2, 0.25) is 0 Å². The highest BCUT2D eigenvalue weighted by Crippen LogP contribution is 2.29. The second-order valence-corrected chi connectivity index (χ2v) is 6.94. The molecule has 3 rings (SSSR count). The van der Waals surface area contributed by atoms with Crippen LogP contribution in [0.1, 0.15) is 22.8 Å². The van der Waals surface area contributed by atoms with Crippen LogP contribution in [0, 0.1) is 0 Å². The van der Waals surface area contributed by atoms with Crippen LogP contribution >= 0.6 is 0 Å². The van der Waals surface area contributed by atoms with Gasteiger partial charge in [-0.1, -0.05) is 60.7 Å². The minimum absolute atomic E-state index is 0.0394. The molecule has 0 aliphatic rings. The van der Waals surface area contributed by atoms with Crippen LogP contribution in [0.15, 0.2) is 72.8 Å². The van der Waals surface area contributed by atoms with Crippen molar-refractivity contribution in [1.82, 2.24) is 5.32 Å². The van der Waals surface area contributed by atoms with Crippen LogP contribution in [0.5, 0.6) is 11.5 Å². The normalized spacial score (nSPS) is 12.7. The van der Waals surface area contributed by atoms with Crippen LogP contribution in [-0.2, 0) is 5.60 Å². The van der Waals surface area contributed by atoms with E-state index in [0.29, 0.717) is 22.6 Å². The summed E-state index contributed by atoms with van der Waals surface area (Å²) in [5.74, 6) is 0.447. The van der Waals surface area contributed by atoms with Gasteiger partial charge in [0.25, 0.3) is 5.91 Å². The lowest BCUT2D eigenvalue weighted by Crippen LogP contribution is -2.38. The number of carbonyl (C=O) groups excluding carboxylic acids is 1. The highest BCUT2D eigenvalue weighted by atomic mass is 16.5. The first kappa shape index (κ1) is 20.4. The number of hydrogen-bond donors (Lipinski definition) is 2. The summed E-state index contributed by atoms with van der Waals surface area (Å²) in [6, 6.07) is 22.8. The van der Waals surface area contributed by atoms with Crippen molar-refractivity contribution in [2.75, 3.05) is 20.8 Å². The molecule has 150 valence electrons. The number of hydrogen-bond acceptors (Lipinski definition) is 4. The van der Waals surface area contributed by atoms with Gasteiger partial charge in [-0.2, -0.15) is 0 Å². The Morgan fingerprint density at radius 2 is 1.41 bits per heavy atom. The van der Waals surface area contributed by atoms with Crippen molar-refractivity contribution in [2.45, 2.75) is 12.5 Å². The molecule has 0 bridgehead atoms. The van der Waals surface area contributed by atoms with Crippen molar-refractivity contribution in [3.05, 3.63) is 83.9 Å². The minimum Gasteiger partial charge on any atom is -0.496 e. The first-order valence-electron chi connectivity index (χ1n) is 9.34. The van der Waals surface area contributed by atoms with Gasteiger partial charge in [-0.15, -0.1) is 0 Å². The molecule has 5 heteroatoms. The van der Waals surface area contributed by atoms with E-state index in [4.69, 9.17) is 9.47 Å². The molecule has 29 heavy (non-hydrogen) atoms. The molecule has 0 aromatic heterocycles. The highest BCUT2D eigenvalue weighted by Gasteiger charge is 2.26. The molecule has 5 nitrogen and oxygen atoms in total. The van der Waals surface area contributed by atoms with E-state index in [1.165, 1.54) is 14.2 Å². The fourth-order valence-electron chi connectivity index (χ4n) is 3.17. The predicted octanol–water partition coefficient (Wildman–Crippen LogP) is 4.01.